The summed E-state index contributed by atoms with van der Waals surface area (Å²) in [5.74, 6) is -0.0708. The van der Waals surface area contributed by atoms with Crippen LogP contribution in [0.5, 0.6) is 0 Å². The molecule has 120 valence electrons. The smallest absolute Gasteiger partial charge is 0.345 e. The van der Waals surface area contributed by atoms with Crippen LogP contribution < -0.4 is 5.32 Å². The molecule has 0 amide bonds. The molecule has 0 atom stereocenters. The van der Waals surface area contributed by atoms with E-state index in [1.165, 1.54) is 4.68 Å². The Labute approximate surface area is 130 Å². The molecule has 1 aromatic heterocycles. The van der Waals surface area contributed by atoms with Crippen LogP contribution in [0.25, 0.3) is 0 Å². The Morgan fingerprint density at radius 2 is 2.10 bits per heavy atom. The van der Waals surface area contributed by atoms with E-state index in [9.17, 15) is 18.5 Å². The zero-order chi connectivity index (χ0) is 16.2. The monoisotopic (exact) mass is 384 g/mol. The van der Waals surface area contributed by atoms with Gasteiger partial charge in [-0.2, -0.15) is 13.5 Å². The molecule has 1 heterocycles. The van der Waals surface area contributed by atoms with Crippen molar-refractivity contribution in [2.24, 2.45) is 0 Å². The van der Waals surface area contributed by atoms with E-state index in [-0.39, 0.29) is 34.3 Å². The Morgan fingerprint density at radius 3 is 2.57 bits per heavy atom. The van der Waals surface area contributed by atoms with Crippen molar-refractivity contribution in [3.8, 4) is 0 Å². The summed E-state index contributed by atoms with van der Waals surface area (Å²) in [5.41, 5.74) is -0.154. The predicted octanol–water partition coefficient (Wildman–Crippen LogP) is 2.04. The molecule has 1 aromatic rings. The van der Waals surface area contributed by atoms with Crippen LogP contribution in [-0.2, 0) is 16.7 Å². The Kier molecular flexibility index (Phi) is 6.10. The minimum absolute atomic E-state index is 0.0242. The molecule has 0 unspecified atom stereocenters. The molecule has 0 fully saturated rings. The molecule has 2 N–H and O–H groups in total. The fourth-order valence-corrected chi connectivity index (χ4v) is 2.80. The maximum Gasteiger partial charge on any atom is 0.345 e. The van der Waals surface area contributed by atoms with Crippen LogP contribution in [0.2, 0.25) is 0 Å². The molecule has 11 heteroatoms. The average molecular weight is 385 g/mol. The van der Waals surface area contributed by atoms with Crippen LogP contribution in [0.1, 0.15) is 26.7 Å². The fourth-order valence-electron chi connectivity index (χ4n) is 1.71. The van der Waals surface area contributed by atoms with Crippen molar-refractivity contribution in [3.05, 3.63) is 14.7 Å². The maximum absolute atomic E-state index is 11.1. The highest BCUT2D eigenvalue weighted by Gasteiger charge is 2.26. The minimum atomic E-state index is -3.99. The normalized spacial score (nSPS) is 11.9. The zero-order valence-corrected chi connectivity index (χ0v) is 14.0. The molecule has 0 radical (unpaired) electrons. The van der Waals surface area contributed by atoms with Gasteiger partial charge in [-0.1, -0.05) is 0 Å². The lowest BCUT2D eigenvalue weighted by Gasteiger charge is -2.11. The quantitative estimate of drug-likeness (QED) is 0.303. The number of hydrogen-bond donors (Lipinski definition) is 2. The second kappa shape index (κ2) is 7.18. The number of rotatable bonds is 8. The summed E-state index contributed by atoms with van der Waals surface area (Å²) in [6.07, 6.45) is 0.656. The Balaban J connectivity index is 2.86. The highest BCUT2D eigenvalue weighted by atomic mass is 79.9. The van der Waals surface area contributed by atoms with Crippen LogP contribution in [0.15, 0.2) is 4.60 Å². The first kappa shape index (κ1) is 17.9. The highest BCUT2D eigenvalue weighted by molar-refractivity contribution is 9.10. The molecule has 0 saturated heterocycles. The van der Waals surface area contributed by atoms with Gasteiger partial charge in [-0.3, -0.25) is 14.7 Å². The van der Waals surface area contributed by atoms with Crippen molar-refractivity contribution in [2.45, 2.75) is 39.3 Å². The van der Waals surface area contributed by atoms with Gasteiger partial charge in [0.2, 0.25) is 10.4 Å². The number of hydrogen-bond acceptors (Lipinski definition) is 6. The second-order valence-electron chi connectivity index (χ2n) is 4.76. The number of nitro groups is 1. The summed E-state index contributed by atoms with van der Waals surface area (Å²) in [6.45, 7) is 3.98. The van der Waals surface area contributed by atoms with Gasteiger partial charge in [0.25, 0.3) is 10.1 Å². The largest absolute Gasteiger partial charge is 0.362 e. The molecule has 0 aliphatic heterocycles. The average Bonchev–Trinajstić information content (AvgIpc) is 2.59. The van der Waals surface area contributed by atoms with Crippen molar-refractivity contribution in [3.63, 3.8) is 0 Å². The molecule has 1 rings (SSSR count). The van der Waals surface area contributed by atoms with Gasteiger partial charge in [0, 0.05) is 12.6 Å². The number of unbranched alkanes of at least 4 members (excludes halogenated alkanes) is 1. The van der Waals surface area contributed by atoms with Gasteiger partial charge in [0.05, 0.1) is 10.7 Å². The van der Waals surface area contributed by atoms with Crippen molar-refractivity contribution in [1.82, 2.24) is 9.78 Å². The van der Waals surface area contributed by atoms with Crippen LogP contribution in [0, 0.1) is 10.1 Å². The Bertz CT molecular complexity index is 613. The predicted molar refractivity (Wildman–Crippen MR) is 81.0 cm³/mol. The first-order valence-corrected chi connectivity index (χ1v) is 8.64. The van der Waals surface area contributed by atoms with Gasteiger partial charge >= 0.3 is 5.69 Å². The number of halogens is 1. The van der Waals surface area contributed by atoms with E-state index in [0.717, 1.165) is 0 Å². The second-order valence-corrected chi connectivity index (χ2v) is 7.08. The molecule has 0 aromatic carbocycles. The number of nitrogens with zero attached hydrogens (tertiary/aromatic N) is 3. The number of anilines is 1. The van der Waals surface area contributed by atoms with E-state index in [0.29, 0.717) is 13.0 Å². The lowest BCUT2D eigenvalue weighted by atomic mass is 10.3. The standard InChI is InChI=1S/C10H17BrN4O5S/c1-7(2)12-10-8(15(16)17)9(11)13-14(10)5-3-4-6-21(18,19)20/h7,12H,3-6H2,1-2H3,(H,18,19,20). The fraction of sp³-hybridized carbons (Fsp3) is 0.700. The van der Waals surface area contributed by atoms with Crippen LogP contribution >= 0.6 is 15.9 Å². The van der Waals surface area contributed by atoms with Crippen LogP contribution in [0.3, 0.4) is 0 Å². The van der Waals surface area contributed by atoms with Crippen molar-refractivity contribution >= 4 is 37.6 Å². The molecule has 21 heavy (non-hydrogen) atoms. The summed E-state index contributed by atoms with van der Waals surface area (Å²) in [6, 6.07) is -0.0242. The number of nitrogens with one attached hydrogen (secondary N) is 1. The van der Waals surface area contributed by atoms with Crippen molar-refractivity contribution in [1.29, 1.82) is 0 Å². The first-order valence-electron chi connectivity index (χ1n) is 6.24. The molecule has 0 bridgehead atoms. The molecular formula is C10H17BrN4O5S. The third-order valence-corrected chi connectivity index (χ3v) is 3.86. The zero-order valence-electron chi connectivity index (χ0n) is 11.6. The van der Waals surface area contributed by atoms with E-state index >= 15 is 0 Å². The van der Waals surface area contributed by atoms with E-state index < -0.39 is 15.0 Å². The minimum Gasteiger partial charge on any atom is -0.362 e. The third-order valence-electron chi connectivity index (χ3n) is 2.52. The lowest BCUT2D eigenvalue weighted by molar-refractivity contribution is -0.384. The Hall–Kier alpha value is -1.20. The molecule has 0 aliphatic carbocycles. The van der Waals surface area contributed by atoms with Crippen molar-refractivity contribution in [2.75, 3.05) is 11.1 Å². The van der Waals surface area contributed by atoms with Gasteiger partial charge in [0.15, 0.2) is 0 Å². The summed E-state index contributed by atoms with van der Waals surface area (Å²) in [5, 5.41) is 18.1. The summed E-state index contributed by atoms with van der Waals surface area (Å²) in [4.78, 5) is 10.5. The summed E-state index contributed by atoms with van der Waals surface area (Å²) in [7, 11) is -3.99. The number of aromatic nitrogens is 2. The van der Waals surface area contributed by atoms with Crippen molar-refractivity contribution < 1.29 is 17.9 Å². The Morgan fingerprint density at radius 1 is 1.48 bits per heavy atom. The van der Waals surface area contributed by atoms with Crippen LogP contribution in [0.4, 0.5) is 11.5 Å². The van der Waals surface area contributed by atoms with E-state index in [1.807, 2.05) is 13.8 Å². The topological polar surface area (TPSA) is 127 Å². The lowest BCUT2D eigenvalue weighted by Crippen LogP contribution is -2.16. The molecule has 0 aliphatic rings. The van der Waals surface area contributed by atoms with Gasteiger partial charge in [0.1, 0.15) is 0 Å². The molecule has 9 nitrogen and oxygen atoms in total. The molecule has 0 spiro atoms. The van der Waals surface area contributed by atoms with E-state index in [4.69, 9.17) is 4.55 Å². The van der Waals surface area contributed by atoms with E-state index in [1.54, 1.807) is 0 Å². The SMILES string of the molecule is CC(C)Nc1c([N+](=O)[O-])c(Br)nn1CCCCS(=O)(=O)O. The van der Waals surface area contributed by atoms with Gasteiger partial charge in [-0.25, -0.2) is 4.68 Å². The van der Waals surface area contributed by atoms with Gasteiger partial charge in [-0.05, 0) is 42.6 Å². The summed E-state index contributed by atoms with van der Waals surface area (Å²) < 4.78 is 31.4. The molecular weight excluding hydrogens is 368 g/mol. The van der Waals surface area contributed by atoms with E-state index in [2.05, 4.69) is 26.3 Å². The van der Waals surface area contributed by atoms with Gasteiger partial charge < -0.3 is 5.32 Å². The third kappa shape index (κ3) is 5.59. The summed E-state index contributed by atoms with van der Waals surface area (Å²) >= 11 is 3.05. The highest BCUT2D eigenvalue weighted by Crippen LogP contribution is 2.33. The van der Waals surface area contributed by atoms with Crippen LogP contribution in [-0.4, -0.2) is 39.5 Å². The number of aryl methyl sites for hydroxylation is 1. The van der Waals surface area contributed by atoms with Gasteiger partial charge in [-0.15, -0.1) is 0 Å². The molecule has 0 saturated carbocycles. The first-order chi connectivity index (χ1) is 9.61. The maximum atomic E-state index is 11.1.